The molecule has 13 heteroatoms. The third kappa shape index (κ3) is 10.6. The zero-order chi connectivity index (χ0) is 19.0. The van der Waals surface area contributed by atoms with Gasteiger partial charge in [-0.05, 0) is 45.8 Å². The summed E-state index contributed by atoms with van der Waals surface area (Å²) in [7, 11) is 0. The van der Waals surface area contributed by atoms with Crippen molar-refractivity contribution in [2.75, 3.05) is 39.4 Å². The van der Waals surface area contributed by atoms with Crippen LogP contribution in [0.5, 0.6) is 0 Å². The van der Waals surface area contributed by atoms with Crippen LogP contribution in [0.4, 0.5) is 0 Å². The molecule has 0 bridgehead atoms. The van der Waals surface area contributed by atoms with E-state index >= 15 is 0 Å². The maximum absolute atomic E-state index is 8.45. The van der Waals surface area contributed by atoms with Crippen molar-refractivity contribution in [3.05, 3.63) is 41.8 Å². The fourth-order valence-corrected chi connectivity index (χ4v) is 1.96. The van der Waals surface area contributed by atoms with E-state index in [4.69, 9.17) is 26.9 Å². The highest BCUT2D eigenvalue weighted by atomic mass is 16.5. The van der Waals surface area contributed by atoms with Gasteiger partial charge in [-0.25, -0.2) is 0 Å². The van der Waals surface area contributed by atoms with Gasteiger partial charge in [0.15, 0.2) is 0 Å². The Labute approximate surface area is 144 Å². The van der Waals surface area contributed by atoms with Gasteiger partial charge in [0.05, 0.1) is 0 Å². The molecule has 25 heavy (non-hydrogen) atoms. The van der Waals surface area contributed by atoms with Gasteiger partial charge in [-0.3, -0.25) is 0 Å². The largest absolute Gasteiger partial charge is 0.381 e. The smallest absolute Gasteiger partial charge is 0.0471 e. The van der Waals surface area contributed by atoms with Gasteiger partial charge in [0, 0.05) is 59.0 Å². The van der Waals surface area contributed by atoms with E-state index in [2.05, 4.69) is 40.1 Å². The van der Waals surface area contributed by atoms with E-state index in [1.807, 2.05) is 13.8 Å². The van der Waals surface area contributed by atoms with E-state index in [0.29, 0.717) is 26.1 Å². The number of azide groups is 4. The van der Waals surface area contributed by atoms with E-state index in [1.54, 1.807) is 0 Å². The first-order valence-corrected chi connectivity index (χ1v) is 7.56. The van der Waals surface area contributed by atoms with Gasteiger partial charge in [-0.15, -0.1) is 0 Å². The Kier molecular flexibility index (Phi) is 11.2. The van der Waals surface area contributed by atoms with Crippen LogP contribution >= 0.6 is 0 Å². The molecule has 0 saturated carbocycles. The first-order chi connectivity index (χ1) is 11.9. The Bertz CT molecular complexity index is 501. The molecule has 0 atom stereocenters. The highest BCUT2D eigenvalue weighted by Crippen LogP contribution is 2.25. The second-order valence-electron chi connectivity index (χ2n) is 6.29. The summed E-state index contributed by atoms with van der Waals surface area (Å²) in [6.45, 7) is 5.30. The molecule has 0 rings (SSSR count). The van der Waals surface area contributed by atoms with Gasteiger partial charge in [-0.1, -0.05) is 34.3 Å². The zero-order valence-electron chi connectivity index (χ0n) is 14.4. The normalized spacial score (nSPS) is 14.5. The van der Waals surface area contributed by atoms with Crippen molar-refractivity contribution in [2.45, 2.75) is 26.7 Å². The van der Waals surface area contributed by atoms with Crippen molar-refractivity contribution in [1.29, 1.82) is 0 Å². The number of hydrogen-bond acceptors (Lipinski definition) is 5. The van der Waals surface area contributed by atoms with Crippen LogP contribution in [-0.4, -0.2) is 39.4 Å². The van der Waals surface area contributed by atoms with Crippen molar-refractivity contribution >= 4 is 0 Å². The van der Waals surface area contributed by atoms with E-state index in [0.717, 1.165) is 0 Å². The summed E-state index contributed by atoms with van der Waals surface area (Å²) in [5, 5.41) is 14.2. The minimum Gasteiger partial charge on any atom is -0.381 e. The molecule has 136 valence electrons. The standard InChI is InChI=1S/C12H22N12O/c1-11(7-17-21-13,8-18-22-14)3-5-25-6-4-12(2,9-19-23-15)10-20-24-16/h3-10H2,1-2H3. The molecular weight excluding hydrogens is 328 g/mol. The quantitative estimate of drug-likeness (QED) is 0.179. The summed E-state index contributed by atoms with van der Waals surface area (Å²) in [6.07, 6.45) is 1.10. The zero-order valence-corrected chi connectivity index (χ0v) is 14.4. The highest BCUT2D eigenvalue weighted by molar-refractivity contribution is 4.81. The Morgan fingerprint density at radius 3 is 1.16 bits per heavy atom. The van der Waals surface area contributed by atoms with Crippen LogP contribution in [0.15, 0.2) is 20.5 Å². The van der Waals surface area contributed by atoms with E-state index in [9.17, 15) is 0 Å². The summed E-state index contributed by atoms with van der Waals surface area (Å²) in [4.78, 5) is 10.9. The first kappa shape index (κ1) is 22.2. The average Bonchev–Trinajstić information content (AvgIpc) is 2.61. The van der Waals surface area contributed by atoms with Crippen molar-refractivity contribution < 1.29 is 4.74 Å². The molecule has 0 aromatic rings. The van der Waals surface area contributed by atoms with E-state index in [1.165, 1.54) is 0 Å². The number of hydrogen-bond donors (Lipinski definition) is 0. The lowest BCUT2D eigenvalue weighted by atomic mass is 9.87. The monoisotopic (exact) mass is 350 g/mol. The molecule has 0 unspecified atom stereocenters. The molecule has 0 N–H and O–H groups in total. The predicted molar refractivity (Wildman–Crippen MR) is 92.3 cm³/mol. The van der Waals surface area contributed by atoms with E-state index < -0.39 is 10.8 Å². The molecule has 0 aliphatic carbocycles. The van der Waals surface area contributed by atoms with E-state index in [-0.39, 0.29) is 26.2 Å². The average molecular weight is 350 g/mol. The van der Waals surface area contributed by atoms with Crippen LogP contribution in [0.1, 0.15) is 26.7 Å². The summed E-state index contributed by atoms with van der Waals surface area (Å²) in [5.41, 5.74) is 32.9. The molecule has 0 fully saturated rings. The molecule has 0 aliphatic rings. The lowest BCUT2D eigenvalue weighted by Crippen LogP contribution is -2.28. The number of ether oxygens (including phenoxy) is 1. The van der Waals surface area contributed by atoms with Crippen molar-refractivity contribution in [3.8, 4) is 0 Å². The summed E-state index contributed by atoms with van der Waals surface area (Å²) < 4.78 is 5.61. The molecule has 0 amide bonds. The molecule has 0 heterocycles. The third-order valence-electron chi connectivity index (χ3n) is 3.76. The van der Waals surface area contributed by atoms with Crippen LogP contribution in [0.2, 0.25) is 0 Å². The second kappa shape index (κ2) is 12.6. The SMILES string of the molecule is CC(CCOCCC(C)(CN=[N+]=[N-])CN=[N+]=[N-])(CN=[N+]=[N-])CN=[N+]=[N-]. The van der Waals surface area contributed by atoms with Crippen molar-refractivity contribution in [3.63, 3.8) is 0 Å². The van der Waals surface area contributed by atoms with Crippen molar-refractivity contribution in [2.24, 2.45) is 31.3 Å². The minimum absolute atomic E-state index is 0.206. The Morgan fingerprint density at radius 1 is 0.640 bits per heavy atom. The van der Waals surface area contributed by atoms with Crippen LogP contribution in [0, 0.1) is 10.8 Å². The summed E-state index contributed by atoms with van der Waals surface area (Å²) in [6, 6.07) is 0. The lowest BCUT2D eigenvalue weighted by molar-refractivity contribution is 0.0805. The second-order valence-corrected chi connectivity index (χ2v) is 6.29. The lowest BCUT2D eigenvalue weighted by Gasteiger charge is -2.27. The topological polar surface area (TPSA) is 204 Å². The molecule has 0 spiro atoms. The van der Waals surface area contributed by atoms with Gasteiger partial charge in [0.25, 0.3) is 0 Å². The number of rotatable bonds is 14. The van der Waals surface area contributed by atoms with Crippen LogP contribution in [-0.2, 0) is 4.74 Å². The third-order valence-corrected chi connectivity index (χ3v) is 3.76. The first-order valence-electron chi connectivity index (χ1n) is 7.56. The molecule has 0 aliphatic heterocycles. The van der Waals surface area contributed by atoms with Crippen molar-refractivity contribution in [1.82, 2.24) is 0 Å². The number of nitrogens with zero attached hydrogens (tertiary/aromatic N) is 12. The maximum atomic E-state index is 8.45. The van der Waals surface area contributed by atoms with Crippen LogP contribution < -0.4 is 0 Å². The van der Waals surface area contributed by atoms with Gasteiger partial charge in [-0.2, -0.15) is 0 Å². The Hall–Kier alpha value is -2.80. The van der Waals surface area contributed by atoms with Gasteiger partial charge < -0.3 is 4.74 Å². The molecule has 0 radical (unpaired) electrons. The van der Waals surface area contributed by atoms with Crippen LogP contribution in [0.3, 0.4) is 0 Å². The summed E-state index contributed by atoms with van der Waals surface area (Å²) in [5.74, 6) is 0. The fourth-order valence-electron chi connectivity index (χ4n) is 1.96. The molecule has 0 saturated heterocycles. The summed E-state index contributed by atoms with van der Waals surface area (Å²) >= 11 is 0. The maximum Gasteiger partial charge on any atom is 0.0471 e. The Morgan fingerprint density at radius 2 is 0.920 bits per heavy atom. The molecule has 13 nitrogen and oxygen atoms in total. The predicted octanol–water partition coefficient (Wildman–Crippen LogP) is 5.04. The van der Waals surface area contributed by atoms with Crippen LogP contribution in [0.25, 0.3) is 41.8 Å². The van der Waals surface area contributed by atoms with Gasteiger partial charge >= 0.3 is 0 Å². The Balaban J connectivity index is 4.49. The van der Waals surface area contributed by atoms with Gasteiger partial charge in [0.2, 0.25) is 0 Å². The molecular formula is C12H22N12O. The molecule has 0 aromatic carbocycles. The van der Waals surface area contributed by atoms with Gasteiger partial charge in [0.1, 0.15) is 0 Å². The fraction of sp³-hybridized carbons (Fsp3) is 1.00. The minimum atomic E-state index is -0.474. The highest BCUT2D eigenvalue weighted by Gasteiger charge is 2.24. The molecule has 0 aromatic heterocycles.